The van der Waals surface area contributed by atoms with Gasteiger partial charge < -0.3 is 25.0 Å². The topological polar surface area (TPSA) is 105 Å². The molecule has 8 nitrogen and oxygen atoms in total. The fraction of sp³-hybridized carbons (Fsp3) is 0.382. The highest BCUT2D eigenvalue weighted by Gasteiger charge is 2.16. The number of hydrogen-bond acceptors (Lipinski definition) is 5. The molecule has 3 aromatic carbocycles. The van der Waals surface area contributed by atoms with Gasteiger partial charge in [-0.3, -0.25) is 4.79 Å². The lowest BCUT2D eigenvalue weighted by molar-refractivity contribution is -0.121. The lowest BCUT2D eigenvalue weighted by Gasteiger charge is -2.22. The van der Waals surface area contributed by atoms with Crippen LogP contribution in [0, 0.1) is 0 Å². The maximum atomic E-state index is 12.5. The molecule has 0 radical (unpaired) electrons. The van der Waals surface area contributed by atoms with E-state index in [4.69, 9.17) is 14.8 Å². The number of anilines is 1. The Morgan fingerprint density at radius 1 is 1.02 bits per heavy atom. The number of benzene rings is 3. The van der Waals surface area contributed by atoms with Crippen LogP contribution in [0.1, 0.15) is 69.7 Å². The summed E-state index contributed by atoms with van der Waals surface area (Å²) in [7, 11) is 0. The molecule has 3 N–H and O–H groups in total. The summed E-state index contributed by atoms with van der Waals surface area (Å²) in [5.74, 6) is 1.48. The highest BCUT2D eigenvalue weighted by molar-refractivity contribution is 5.81. The largest absolute Gasteiger partial charge is 0.511 e. The van der Waals surface area contributed by atoms with Crippen molar-refractivity contribution in [2.75, 3.05) is 11.9 Å². The Morgan fingerprint density at radius 2 is 1.81 bits per heavy atom. The molecule has 1 aliphatic rings. The Balaban J connectivity index is 1.30. The molecule has 0 unspecified atom stereocenters. The predicted molar refractivity (Wildman–Crippen MR) is 166 cm³/mol. The fourth-order valence-corrected chi connectivity index (χ4v) is 5.71. The molecule has 0 saturated heterocycles. The number of rotatable bonds is 12. The van der Waals surface area contributed by atoms with Gasteiger partial charge in [0.1, 0.15) is 11.6 Å². The molecule has 8 heteroatoms. The molecule has 1 aromatic heterocycles. The Kier molecular flexibility index (Phi) is 9.74. The number of nitrogens with one attached hydrogen (secondary N) is 2. The molecule has 1 heterocycles. The van der Waals surface area contributed by atoms with Crippen molar-refractivity contribution in [1.82, 2.24) is 14.9 Å². The quantitative estimate of drug-likeness (QED) is 0.121. The minimum absolute atomic E-state index is 0.114. The van der Waals surface area contributed by atoms with E-state index < -0.39 is 6.16 Å². The summed E-state index contributed by atoms with van der Waals surface area (Å²) < 4.78 is 7.26. The van der Waals surface area contributed by atoms with Crippen LogP contribution in [-0.2, 0) is 17.8 Å². The first-order valence-electron chi connectivity index (χ1n) is 15.1. The number of carboxylic acid groups (broad SMARTS) is 1. The third-order valence-corrected chi connectivity index (χ3v) is 7.92. The highest BCUT2D eigenvalue weighted by atomic mass is 16.7. The van der Waals surface area contributed by atoms with Gasteiger partial charge in [-0.1, -0.05) is 75.1 Å². The van der Waals surface area contributed by atoms with E-state index in [-0.39, 0.29) is 5.91 Å². The Hall–Kier alpha value is -4.33. The summed E-state index contributed by atoms with van der Waals surface area (Å²) >= 11 is 0. The molecule has 42 heavy (non-hydrogen) atoms. The van der Waals surface area contributed by atoms with Gasteiger partial charge in [-0.15, -0.1) is 0 Å². The number of aromatic nitrogens is 2. The second-order valence-electron chi connectivity index (χ2n) is 11.1. The van der Waals surface area contributed by atoms with Crippen molar-refractivity contribution in [3.05, 3.63) is 78.1 Å². The Morgan fingerprint density at radius 3 is 2.57 bits per heavy atom. The summed E-state index contributed by atoms with van der Waals surface area (Å²) in [4.78, 5) is 28.6. The summed E-state index contributed by atoms with van der Waals surface area (Å²) in [5.41, 5.74) is 5.72. The molecule has 1 saturated carbocycles. The van der Waals surface area contributed by atoms with E-state index in [1.54, 1.807) is 12.1 Å². The first-order valence-corrected chi connectivity index (χ1v) is 15.1. The van der Waals surface area contributed by atoms with Gasteiger partial charge in [0.2, 0.25) is 5.91 Å². The number of carbonyl (C=O) groups excluding carboxylic acids is 1. The van der Waals surface area contributed by atoms with E-state index in [0.717, 1.165) is 71.3 Å². The molecule has 0 atom stereocenters. The number of fused-ring (bicyclic) bond motifs is 1. The van der Waals surface area contributed by atoms with Crippen LogP contribution in [0.5, 0.6) is 5.75 Å². The van der Waals surface area contributed by atoms with E-state index in [1.807, 2.05) is 36.4 Å². The molecule has 4 aromatic rings. The van der Waals surface area contributed by atoms with Crippen molar-refractivity contribution >= 4 is 28.8 Å². The fourth-order valence-electron chi connectivity index (χ4n) is 5.71. The zero-order valence-corrected chi connectivity index (χ0v) is 24.3. The van der Waals surface area contributed by atoms with Crippen LogP contribution in [-0.4, -0.2) is 39.3 Å². The van der Waals surface area contributed by atoms with E-state index >= 15 is 0 Å². The van der Waals surface area contributed by atoms with Crippen molar-refractivity contribution in [2.24, 2.45) is 0 Å². The minimum Gasteiger partial charge on any atom is -0.449 e. The molecule has 0 bridgehead atoms. The summed E-state index contributed by atoms with van der Waals surface area (Å²) in [6.07, 6.45) is 8.03. The third-order valence-electron chi connectivity index (χ3n) is 7.92. The van der Waals surface area contributed by atoms with Gasteiger partial charge in [0.05, 0.1) is 11.0 Å². The van der Waals surface area contributed by atoms with Gasteiger partial charge in [-0.05, 0) is 54.7 Å². The van der Waals surface area contributed by atoms with Crippen LogP contribution in [0.4, 0.5) is 10.5 Å². The molecule has 5 rings (SSSR count). The average molecular weight is 569 g/mol. The molecule has 0 spiro atoms. The van der Waals surface area contributed by atoms with E-state index in [1.165, 1.54) is 19.3 Å². The van der Waals surface area contributed by atoms with Crippen LogP contribution < -0.4 is 15.4 Å². The van der Waals surface area contributed by atoms with Gasteiger partial charge in [0.25, 0.3) is 0 Å². The SMILES string of the molecule is CCCCc1nc2ccc(NCCC(=O)NC3CCCCC3)cc2n1Cc1ccc(-c2ccccc2OC(=O)O)cc1. The predicted octanol–water partition coefficient (Wildman–Crippen LogP) is 7.40. The second kappa shape index (κ2) is 14.0. The number of nitrogens with zero attached hydrogens (tertiary/aromatic N) is 2. The first-order chi connectivity index (χ1) is 20.5. The van der Waals surface area contributed by atoms with Gasteiger partial charge >= 0.3 is 6.16 Å². The van der Waals surface area contributed by atoms with Crippen molar-refractivity contribution in [2.45, 2.75) is 77.3 Å². The van der Waals surface area contributed by atoms with Crippen LogP contribution in [0.2, 0.25) is 0 Å². The number of amides is 1. The highest BCUT2D eigenvalue weighted by Crippen LogP contribution is 2.31. The Bertz CT molecular complexity index is 1510. The van der Waals surface area contributed by atoms with Crippen LogP contribution in [0.25, 0.3) is 22.2 Å². The molecule has 1 fully saturated rings. The molecular weight excluding hydrogens is 528 g/mol. The van der Waals surface area contributed by atoms with Gasteiger partial charge in [0, 0.05) is 43.2 Å². The first kappa shape index (κ1) is 29.2. The van der Waals surface area contributed by atoms with Crippen molar-refractivity contribution in [1.29, 1.82) is 0 Å². The smallest absolute Gasteiger partial charge is 0.449 e. The van der Waals surface area contributed by atoms with Crippen molar-refractivity contribution in [3.63, 3.8) is 0 Å². The van der Waals surface area contributed by atoms with Gasteiger partial charge in [-0.25, -0.2) is 9.78 Å². The second-order valence-corrected chi connectivity index (χ2v) is 11.1. The summed E-state index contributed by atoms with van der Waals surface area (Å²) in [6.45, 7) is 3.43. The summed E-state index contributed by atoms with van der Waals surface area (Å²) in [6, 6.07) is 21.8. The van der Waals surface area contributed by atoms with Crippen LogP contribution in [0.3, 0.4) is 0 Å². The lowest BCUT2D eigenvalue weighted by Crippen LogP contribution is -2.36. The molecular formula is C34H40N4O4. The molecule has 1 aliphatic carbocycles. The number of carbonyl (C=O) groups is 2. The number of ether oxygens (including phenoxy) is 1. The number of hydrogen-bond donors (Lipinski definition) is 3. The molecule has 220 valence electrons. The number of aryl methyl sites for hydroxylation is 1. The average Bonchev–Trinajstić information content (AvgIpc) is 3.33. The van der Waals surface area contributed by atoms with Crippen molar-refractivity contribution in [3.8, 4) is 16.9 Å². The zero-order valence-electron chi connectivity index (χ0n) is 24.3. The number of para-hydroxylation sites is 1. The normalized spacial score (nSPS) is 13.6. The van der Waals surface area contributed by atoms with Crippen LogP contribution >= 0.6 is 0 Å². The van der Waals surface area contributed by atoms with Crippen molar-refractivity contribution < 1.29 is 19.4 Å². The third kappa shape index (κ3) is 7.49. The van der Waals surface area contributed by atoms with Crippen LogP contribution in [0.15, 0.2) is 66.7 Å². The maximum Gasteiger partial charge on any atom is 0.511 e. The van der Waals surface area contributed by atoms with Gasteiger partial charge in [-0.2, -0.15) is 0 Å². The maximum absolute atomic E-state index is 12.5. The monoisotopic (exact) mass is 568 g/mol. The lowest BCUT2D eigenvalue weighted by atomic mass is 9.95. The van der Waals surface area contributed by atoms with E-state index in [2.05, 4.69) is 40.3 Å². The number of unbranched alkanes of at least 4 members (excludes halogenated alkanes) is 1. The molecule has 1 amide bonds. The molecule has 0 aliphatic heterocycles. The Labute approximate surface area is 247 Å². The van der Waals surface area contributed by atoms with E-state index in [0.29, 0.717) is 31.3 Å². The summed E-state index contributed by atoms with van der Waals surface area (Å²) in [5, 5.41) is 15.7. The zero-order chi connectivity index (χ0) is 29.3. The standard InChI is InChI=1S/C34H40N4O4/c1-2-3-13-32-37-29-19-18-27(35-21-20-33(39)36-26-9-5-4-6-10-26)22-30(29)38(32)23-24-14-16-25(17-15-24)28-11-7-8-12-31(28)42-34(40)41/h7-8,11-12,14-19,22,26,35H,2-6,9-10,13,20-21,23H2,1H3,(H,36,39)(H,40,41). The van der Waals surface area contributed by atoms with E-state index in [9.17, 15) is 9.59 Å². The van der Waals surface area contributed by atoms with Gasteiger partial charge in [0.15, 0.2) is 0 Å². The number of imidazole rings is 1. The minimum atomic E-state index is -1.33.